The van der Waals surface area contributed by atoms with Crippen molar-refractivity contribution in [3.8, 4) is 77.9 Å². The van der Waals surface area contributed by atoms with Crippen LogP contribution in [0.25, 0.3) is 105 Å². The maximum absolute atomic E-state index is 6.43. The Labute approximate surface area is 329 Å². The standard InChI is InChI=1S/C53H35N.C2H6/c1-2-37(44-15-7-8-20-51(44)54)33-23-21-32(22-24-33)34-29-35(38-25-27-49-42-13-5-3-11-40(42)47-18-9-16-45(38)52(47)49)31-36(30-34)39-26-28-50-43-14-6-4-12-41(43)48-19-10-17-46(39)53(48)50;1-2/h2-31H,54H2,1H3;1-2H3/b37-2-;. The molecule has 2 aliphatic rings. The summed E-state index contributed by atoms with van der Waals surface area (Å²) in [5.41, 5.74) is 28.4. The highest BCUT2D eigenvalue weighted by Gasteiger charge is 2.25. The summed E-state index contributed by atoms with van der Waals surface area (Å²) in [6.45, 7) is 6.08. The normalized spacial score (nSPS) is 12.0. The van der Waals surface area contributed by atoms with Crippen molar-refractivity contribution in [1.29, 1.82) is 0 Å². The van der Waals surface area contributed by atoms with Crippen molar-refractivity contribution in [2.45, 2.75) is 20.8 Å². The van der Waals surface area contributed by atoms with E-state index in [-0.39, 0.29) is 0 Å². The van der Waals surface area contributed by atoms with E-state index >= 15 is 0 Å². The molecule has 0 unspecified atom stereocenters. The fourth-order valence-electron chi connectivity index (χ4n) is 9.29. The first-order valence-electron chi connectivity index (χ1n) is 19.7. The molecular weight excluding hydrogens is 675 g/mol. The SMILES string of the molecule is C/C=C(/c1ccc(-c2cc(-c3ccc4c5c(cccc35)-c3ccccc3-4)cc(-c3ccc4c5c(cccc35)-c3ccccc3-4)c2)cc1)c1ccccc1N.CC. The molecule has 0 saturated carbocycles. The quantitative estimate of drug-likeness (QED) is 0.176. The van der Waals surface area contributed by atoms with Crippen LogP contribution in [0.2, 0.25) is 0 Å². The van der Waals surface area contributed by atoms with Gasteiger partial charge in [-0.15, -0.1) is 0 Å². The van der Waals surface area contributed by atoms with Gasteiger partial charge in [-0.1, -0.05) is 172 Å². The lowest BCUT2D eigenvalue weighted by Gasteiger charge is -2.16. The second kappa shape index (κ2) is 13.4. The average Bonchev–Trinajstić information content (AvgIpc) is 3.77. The molecule has 0 bridgehead atoms. The number of hydrogen-bond donors (Lipinski definition) is 1. The van der Waals surface area contributed by atoms with Crippen LogP contribution < -0.4 is 5.73 Å². The number of anilines is 1. The molecule has 0 atom stereocenters. The molecule has 0 saturated heterocycles. The fourth-order valence-corrected chi connectivity index (χ4v) is 9.29. The second-order valence-corrected chi connectivity index (χ2v) is 14.5. The van der Waals surface area contributed by atoms with Gasteiger partial charge in [0.15, 0.2) is 0 Å². The van der Waals surface area contributed by atoms with E-state index < -0.39 is 0 Å². The maximum Gasteiger partial charge on any atom is 0.0393 e. The molecule has 266 valence electrons. The van der Waals surface area contributed by atoms with Crippen LogP contribution in [0.4, 0.5) is 5.69 Å². The molecule has 2 N–H and O–H groups in total. The van der Waals surface area contributed by atoms with E-state index in [4.69, 9.17) is 5.73 Å². The highest BCUT2D eigenvalue weighted by Crippen LogP contribution is 2.52. The Morgan fingerprint density at radius 2 is 0.786 bits per heavy atom. The highest BCUT2D eigenvalue weighted by molar-refractivity contribution is 6.20. The molecule has 0 amide bonds. The van der Waals surface area contributed by atoms with Gasteiger partial charge in [-0.2, -0.15) is 0 Å². The lowest BCUT2D eigenvalue weighted by atomic mass is 9.87. The van der Waals surface area contributed by atoms with E-state index in [1.165, 1.54) is 99.4 Å². The summed E-state index contributed by atoms with van der Waals surface area (Å²) in [7, 11) is 0. The largest absolute Gasteiger partial charge is 0.398 e. The smallest absolute Gasteiger partial charge is 0.0393 e. The van der Waals surface area contributed by atoms with Gasteiger partial charge >= 0.3 is 0 Å². The molecule has 9 aromatic rings. The molecule has 1 heteroatoms. The zero-order valence-electron chi connectivity index (χ0n) is 31.9. The first-order chi connectivity index (χ1) is 27.7. The lowest BCUT2D eigenvalue weighted by molar-refractivity contribution is 1.50. The van der Waals surface area contributed by atoms with Gasteiger partial charge in [0.2, 0.25) is 0 Å². The Morgan fingerprint density at radius 1 is 0.375 bits per heavy atom. The minimum absolute atomic E-state index is 0.786. The second-order valence-electron chi connectivity index (χ2n) is 14.5. The monoisotopic (exact) mass is 715 g/mol. The molecule has 0 heterocycles. The van der Waals surface area contributed by atoms with Crippen molar-refractivity contribution in [2.75, 3.05) is 5.73 Å². The van der Waals surface area contributed by atoms with Crippen molar-refractivity contribution in [3.05, 3.63) is 193 Å². The fraction of sp³-hybridized carbons (Fsp3) is 0.0545. The van der Waals surface area contributed by atoms with Crippen LogP contribution in [0.3, 0.4) is 0 Å². The van der Waals surface area contributed by atoms with E-state index in [0.29, 0.717) is 0 Å². The van der Waals surface area contributed by atoms with E-state index in [1.807, 2.05) is 32.0 Å². The van der Waals surface area contributed by atoms with Crippen molar-refractivity contribution >= 4 is 32.8 Å². The molecule has 56 heavy (non-hydrogen) atoms. The van der Waals surface area contributed by atoms with Gasteiger partial charge in [0.1, 0.15) is 0 Å². The number of benzene rings is 9. The molecule has 1 nitrogen and oxygen atoms in total. The number of hydrogen-bond acceptors (Lipinski definition) is 1. The van der Waals surface area contributed by atoms with Crippen LogP contribution in [0.15, 0.2) is 182 Å². The Kier molecular flexibility index (Phi) is 8.04. The summed E-state index contributed by atoms with van der Waals surface area (Å²) in [5, 5.41) is 5.26. The molecule has 0 radical (unpaired) electrons. The van der Waals surface area contributed by atoms with Gasteiger partial charge in [0.05, 0.1) is 0 Å². The van der Waals surface area contributed by atoms with Gasteiger partial charge < -0.3 is 5.73 Å². The van der Waals surface area contributed by atoms with Crippen LogP contribution in [0.1, 0.15) is 31.9 Å². The van der Waals surface area contributed by atoms with Gasteiger partial charge in [-0.3, -0.25) is 0 Å². The van der Waals surface area contributed by atoms with Crippen LogP contribution in [0.5, 0.6) is 0 Å². The molecule has 0 fully saturated rings. The van der Waals surface area contributed by atoms with Crippen molar-refractivity contribution in [1.82, 2.24) is 0 Å². The van der Waals surface area contributed by atoms with Gasteiger partial charge in [-0.05, 0) is 142 Å². The number of para-hydroxylation sites is 1. The molecule has 0 aromatic heterocycles. The zero-order chi connectivity index (χ0) is 37.9. The topological polar surface area (TPSA) is 26.0 Å². The Hall–Kier alpha value is -6.96. The first-order valence-corrected chi connectivity index (χ1v) is 19.7. The summed E-state index contributed by atoms with van der Waals surface area (Å²) in [6.07, 6.45) is 2.15. The summed E-state index contributed by atoms with van der Waals surface area (Å²) >= 11 is 0. The third kappa shape index (κ3) is 5.08. The third-order valence-electron chi connectivity index (χ3n) is 11.7. The number of nitrogens with two attached hydrogens (primary N) is 1. The van der Waals surface area contributed by atoms with Crippen molar-refractivity contribution in [3.63, 3.8) is 0 Å². The lowest BCUT2D eigenvalue weighted by Crippen LogP contribution is -1.95. The van der Waals surface area contributed by atoms with E-state index in [0.717, 1.165) is 22.4 Å². The summed E-state index contributed by atoms with van der Waals surface area (Å²) < 4.78 is 0. The number of fused-ring (bicyclic) bond motifs is 6. The van der Waals surface area contributed by atoms with E-state index in [1.54, 1.807) is 0 Å². The minimum atomic E-state index is 0.786. The predicted octanol–water partition coefficient (Wildman–Crippen LogP) is 15.3. The van der Waals surface area contributed by atoms with Crippen molar-refractivity contribution < 1.29 is 0 Å². The van der Waals surface area contributed by atoms with Gasteiger partial charge in [-0.25, -0.2) is 0 Å². The number of allylic oxidation sites excluding steroid dienone is 1. The Bertz CT molecular complexity index is 2840. The summed E-state index contributed by atoms with van der Waals surface area (Å²) in [6, 6.07) is 64.8. The van der Waals surface area contributed by atoms with Crippen LogP contribution in [-0.4, -0.2) is 0 Å². The maximum atomic E-state index is 6.43. The zero-order valence-corrected chi connectivity index (χ0v) is 31.9. The van der Waals surface area contributed by atoms with Crippen LogP contribution in [-0.2, 0) is 0 Å². The van der Waals surface area contributed by atoms with Crippen LogP contribution in [0, 0.1) is 0 Å². The highest BCUT2D eigenvalue weighted by atomic mass is 14.6. The van der Waals surface area contributed by atoms with Crippen molar-refractivity contribution in [2.24, 2.45) is 0 Å². The van der Waals surface area contributed by atoms with Gasteiger partial charge in [0, 0.05) is 11.3 Å². The molecule has 11 rings (SSSR count). The minimum Gasteiger partial charge on any atom is -0.398 e. The molecule has 0 aliphatic heterocycles. The Morgan fingerprint density at radius 3 is 1.27 bits per heavy atom. The summed E-state index contributed by atoms with van der Waals surface area (Å²) in [4.78, 5) is 0. The van der Waals surface area contributed by atoms with E-state index in [2.05, 4.69) is 171 Å². The Balaban J connectivity index is 0.00000189. The number of nitrogen functional groups attached to an aromatic ring is 1. The number of rotatable bonds is 5. The first kappa shape index (κ1) is 33.6. The van der Waals surface area contributed by atoms with Gasteiger partial charge in [0.25, 0.3) is 0 Å². The molecule has 9 aromatic carbocycles. The molecular formula is C55H41N. The van der Waals surface area contributed by atoms with Crippen LogP contribution >= 0.6 is 0 Å². The average molecular weight is 716 g/mol. The third-order valence-corrected chi connectivity index (χ3v) is 11.7. The predicted molar refractivity (Wildman–Crippen MR) is 242 cm³/mol. The molecule has 0 spiro atoms. The molecule has 2 aliphatic carbocycles. The van der Waals surface area contributed by atoms with E-state index in [9.17, 15) is 0 Å². The summed E-state index contributed by atoms with van der Waals surface area (Å²) in [5.74, 6) is 0.